The van der Waals surface area contributed by atoms with Gasteiger partial charge in [-0.1, -0.05) is 24.3 Å². The van der Waals surface area contributed by atoms with Crippen LogP contribution in [0.2, 0.25) is 0 Å². The number of hydrogen-bond acceptors (Lipinski definition) is 8. The molecule has 38 heavy (non-hydrogen) atoms. The number of morpholine rings is 1. The minimum absolute atomic E-state index is 0.231. The smallest absolute Gasteiger partial charge is 0.246 e. The number of hydrogen-bond donors (Lipinski definition) is 2. The van der Waals surface area contributed by atoms with Crippen molar-refractivity contribution in [1.29, 1.82) is 0 Å². The maximum atomic E-state index is 13.8. The fourth-order valence-electron chi connectivity index (χ4n) is 5.15. The number of rotatable bonds is 11. The highest BCUT2D eigenvalue weighted by atomic mass is 32.2. The molecule has 2 aliphatic heterocycles. The van der Waals surface area contributed by atoms with Crippen LogP contribution in [0.5, 0.6) is 5.75 Å². The first-order valence-corrected chi connectivity index (χ1v) is 14.7. The van der Waals surface area contributed by atoms with Gasteiger partial charge in [-0.25, -0.2) is 8.42 Å². The molecule has 208 valence electrons. The lowest BCUT2D eigenvalue weighted by molar-refractivity contribution is -0.126. The molecule has 2 fully saturated rings. The van der Waals surface area contributed by atoms with Gasteiger partial charge in [0.15, 0.2) is 5.44 Å². The lowest BCUT2D eigenvalue weighted by Gasteiger charge is -2.26. The van der Waals surface area contributed by atoms with Gasteiger partial charge in [-0.3, -0.25) is 9.69 Å². The van der Waals surface area contributed by atoms with Gasteiger partial charge < -0.3 is 24.8 Å². The van der Waals surface area contributed by atoms with E-state index in [1.165, 1.54) is 5.56 Å². The first kappa shape index (κ1) is 28.5. The second-order valence-corrected chi connectivity index (χ2v) is 12.0. The topological polar surface area (TPSA) is 106 Å². The molecule has 2 aromatic rings. The number of carbonyl (C=O) groups excluding carboxylic acids is 1. The normalized spacial score (nSPS) is 19.3. The Balaban J connectivity index is 1.36. The molecule has 1 amide bonds. The van der Waals surface area contributed by atoms with Crippen molar-refractivity contribution in [2.75, 3.05) is 46.6 Å². The van der Waals surface area contributed by atoms with Gasteiger partial charge >= 0.3 is 0 Å². The Bertz CT molecular complexity index is 1170. The summed E-state index contributed by atoms with van der Waals surface area (Å²) in [5.74, 6) is 0.243. The highest BCUT2D eigenvalue weighted by Crippen LogP contribution is 2.31. The molecule has 2 heterocycles. The Morgan fingerprint density at radius 1 is 1.13 bits per heavy atom. The molecule has 0 radical (unpaired) electrons. The molecule has 9 nitrogen and oxygen atoms in total. The second kappa shape index (κ2) is 13.0. The van der Waals surface area contributed by atoms with E-state index in [-0.39, 0.29) is 23.5 Å². The number of nitrogens with zero attached hydrogens (tertiary/aromatic N) is 1. The highest BCUT2D eigenvalue weighted by Gasteiger charge is 2.39. The Hall–Kier alpha value is -2.50. The summed E-state index contributed by atoms with van der Waals surface area (Å²) in [6, 6.07) is 11.2. The molecule has 2 aliphatic rings. The predicted octanol–water partition coefficient (Wildman–Crippen LogP) is 2.33. The van der Waals surface area contributed by atoms with Crippen LogP contribution >= 0.6 is 0 Å². The molecular formula is C28H39N3O6S. The molecule has 0 spiro atoms. The number of sulfone groups is 1. The lowest BCUT2D eigenvalue weighted by atomic mass is 10.1. The molecule has 0 aliphatic carbocycles. The highest BCUT2D eigenvalue weighted by molar-refractivity contribution is 7.92. The van der Waals surface area contributed by atoms with E-state index in [9.17, 15) is 13.2 Å². The first-order valence-electron chi connectivity index (χ1n) is 13.2. The van der Waals surface area contributed by atoms with Crippen LogP contribution in [-0.4, -0.2) is 77.3 Å². The van der Waals surface area contributed by atoms with Gasteiger partial charge in [0.25, 0.3) is 0 Å². The van der Waals surface area contributed by atoms with E-state index in [0.29, 0.717) is 36.4 Å². The van der Waals surface area contributed by atoms with Crippen LogP contribution in [0.3, 0.4) is 0 Å². The molecule has 0 aromatic heterocycles. The zero-order valence-corrected chi connectivity index (χ0v) is 23.3. The summed E-state index contributed by atoms with van der Waals surface area (Å²) in [6.45, 7) is 8.50. The first-order chi connectivity index (χ1) is 18.3. The molecule has 0 bridgehead atoms. The van der Waals surface area contributed by atoms with Crippen molar-refractivity contribution in [3.8, 4) is 5.75 Å². The lowest BCUT2D eigenvalue weighted by Crippen LogP contribution is -2.44. The van der Waals surface area contributed by atoms with Crippen LogP contribution < -0.4 is 15.4 Å². The minimum Gasteiger partial charge on any atom is -0.497 e. The SMILES string of the molecule is COc1cc(C)c(S(=O)(=O)C(OCC(=O)NCc2ccc(CN3CCOCC3)cc2)C2CCCN2)c(C)c1. The maximum absolute atomic E-state index is 13.8. The van der Waals surface area contributed by atoms with Gasteiger partial charge in [0.05, 0.1) is 25.2 Å². The molecule has 2 N–H and O–H groups in total. The molecule has 2 saturated heterocycles. The molecule has 2 atom stereocenters. The molecular weight excluding hydrogens is 506 g/mol. The van der Waals surface area contributed by atoms with Gasteiger partial charge in [0.2, 0.25) is 15.7 Å². The molecule has 0 saturated carbocycles. The number of benzene rings is 2. The van der Waals surface area contributed by atoms with Crippen molar-refractivity contribution in [2.45, 2.75) is 56.2 Å². The average molecular weight is 546 g/mol. The molecule has 10 heteroatoms. The van der Waals surface area contributed by atoms with E-state index in [1.807, 2.05) is 12.1 Å². The summed E-state index contributed by atoms with van der Waals surface area (Å²) in [5, 5.41) is 6.09. The predicted molar refractivity (Wildman–Crippen MR) is 145 cm³/mol. The van der Waals surface area contributed by atoms with Crippen molar-refractivity contribution in [2.24, 2.45) is 0 Å². The van der Waals surface area contributed by atoms with Crippen LogP contribution in [0.4, 0.5) is 0 Å². The van der Waals surface area contributed by atoms with Gasteiger partial charge in [-0.2, -0.15) is 0 Å². The average Bonchev–Trinajstić information content (AvgIpc) is 3.42. The van der Waals surface area contributed by atoms with E-state index < -0.39 is 15.3 Å². The Kier molecular flexibility index (Phi) is 9.78. The van der Waals surface area contributed by atoms with Crippen LogP contribution in [0.25, 0.3) is 0 Å². The van der Waals surface area contributed by atoms with Crippen LogP contribution in [0.15, 0.2) is 41.3 Å². The number of aryl methyl sites for hydroxylation is 2. The van der Waals surface area contributed by atoms with E-state index in [1.54, 1.807) is 33.1 Å². The van der Waals surface area contributed by atoms with Crippen LogP contribution in [0.1, 0.15) is 35.1 Å². The number of amides is 1. The molecule has 2 aromatic carbocycles. The van der Waals surface area contributed by atoms with Gasteiger partial charge in [-0.15, -0.1) is 0 Å². The Morgan fingerprint density at radius 2 is 1.79 bits per heavy atom. The summed E-state index contributed by atoms with van der Waals surface area (Å²) in [6.07, 6.45) is 1.52. The van der Waals surface area contributed by atoms with Crippen molar-refractivity contribution < 1.29 is 27.4 Å². The molecule has 2 unspecified atom stereocenters. The van der Waals surface area contributed by atoms with Crippen LogP contribution in [-0.2, 0) is 37.2 Å². The van der Waals surface area contributed by atoms with Gasteiger partial charge in [0.1, 0.15) is 12.4 Å². The third-order valence-electron chi connectivity index (χ3n) is 7.09. The summed E-state index contributed by atoms with van der Waals surface area (Å²) in [7, 11) is -2.33. The fraction of sp³-hybridized carbons (Fsp3) is 0.536. The summed E-state index contributed by atoms with van der Waals surface area (Å²) in [5.41, 5.74) is 2.20. The third-order valence-corrected chi connectivity index (χ3v) is 9.38. The van der Waals surface area contributed by atoms with E-state index >= 15 is 0 Å². The van der Waals surface area contributed by atoms with Crippen molar-refractivity contribution in [1.82, 2.24) is 15.5 Å². The largest absolute Gasteiger partial charge is 0.497 e. The van der Waals surface area contributed by atoms with E-state index in [4.69, 9.17) is 14.2 Å². The fourth-order valence-corrected chi connectivity index (χ4v) is 7.31. The molecule has 4 rings (SSSR count). The Morgan fingerprint density at radius 3 is 2.39 bits per heavy atom. The van der Waals surface area contributed by atoms with Crippen molar-refractivity contribution in [3.63, 3.8) is 0 Å². The zero-order valence-electron chi connectivity index (χ0n) is 22.5. The third kappa shape index (κ3) is 7.12. The minimum atomic E-state index is -3.88. The number of carbonyl (C=O) groups is 1. The second-order valence-electron chi connectivity index (χ2n) is 10.00. The number of ether oxygens (including phenoxy) is 3. The van der Waals surface area contributed by atoms with Crippen molar-refractivity contribution in [3.05, 3.63) is 58.7 Å². The standard InChI is InChI=1S/C28H39N3O6S/c1-20-15-24(35-3)16-21(2)27(20)38(33,34)28(25-5-4-10-29-25)37-19-26(32)30-17-22-6-8-23(9-7-22)18-31-11-13-36-14-12-31/h6-9,15-16,25,28-29H,4-5,10-14,17-19H2,1-3H3,(H,30,32). The zero-order chi connectivity index (χ0) is 27.1. The van der Waals surface area contributed by atoms with E-state index in [0.717, 1.165) is 44.8 Å². The quantitative estimate of drug-likeness (QED) is 0.443. The van der Waals surface area contributed by atoms with Gasteiger partial charge in [0, 0.05) is 32.2 Å². The van der Waals surface area contributed by atoms with Gasteiger partial charge in [-0.05, 0) is 67.6 Å². The number of nitrogens with one attached hydrogen (secondary N) is 2. The maximum Gasteiger partial charge on any atom is 0.246 e. The summed E-state index contributed by atoms with van der Waals surface area (Å²) in [4.78, 5) is 15.2. The monoisotopic (exact) mass is 545 g/mol. The Labute approximate surface area is 225 Å². The summed E-state index contributed by atoms with van der Waals surface area (Å²) >= 11 is 0. The number of methoxy groups -OCH3 is 1. The van der Waals surface area contributed by atoms with Crippen LogP contribution in [0, 0.1) is 13.8 Å². The van der Waals surface area contributed by atoms with Crippen molar-refractivity contribution >= 4 is 15.7 Å². The summed E-state index contributed by atoms with van der Waals surface area (Å²) < 4.78 is 44.1. The van der Waals surface area contributed by atoms with E-state index in [2.05, 4.69) is 27.7 Å².